The number of aromatic nitrogens is 3. The average molecular weight is 259 g/mol. The Balaban J connectivity index is 2.30. The molecule has 1 aromatic carbocycles. The smallest absolute Gasteiger partial charge is 0.245 e. The molecule has 2 aromatic rings. The van der Waals surface area contributed by atoms with E-state index in [0.29, 0.717) is 5.69 Å². The Morgan fingerprint density at radius 3 is 2.75 bits per heavy atom. The predicted molar refractivity (Wildman–Crippen MR) is 59.5 cm³/mol. The van der Waals surface area contributed by atoms with Gasteiger partial charge in [-0.3, -0.25) is 0 Å². The molecule has 0 atom stereocenters. The van der Waals surface area contributed by atoms with Crippen LogP contribution in [0.5, 0.6) is 0 Å². The third-order valence-electron chi connectivity index (χ3n) is 1.71. The molecule has 0 aliphatic carbocycles. The van der Waals surface area contributed by atoms with E-state index in [-0.39, 0.29) is 22.1 Å². The molecule has 0 saturated carbocycles. The van der Waals surface area contributed by atoms with Crippen LogP contribution in [0.4, 0.5) is 15.9 Å². The van der Waals surface area contributed by atoms with E-state index >= 15 is 0 Å². The summed E-state index contributed by atoms with van der Waals surface area (Å²) in [4.78, 5) is 3.82. The summed E-state index contributed by atoms with van der Waals surface area (Å²) < 4.78 is 12.9. The van der Waals surface area contributed by atoms with Crippen LogP contribution in [-0.4, -0.2) is 15.2 Å². The molecule has 0 unspecified atom stereocenters. The molecule has 1 aromatic heterocycles. The van der Waals surface area contributed by atoms with Gasteiger partial charge < -0.3 is 5.32 Å². The lowest BCUT2D eigenvalue weighted by atomic mass is 10.3. The number of anilines is 2. The van der Waals surface area contributed by atoms with Gasteiger partial charge in [0.2, 0.25) is 5.28 Å². The predicted octanol–water partition coefficient (Wildman–Crippen LogP) is 3.06. The standard InChI is InChI=1S/C9H5Cl2FN4/c10-7-8(14-9(11)16-15-7)13-6-3-1-2-5(12)4-6/h1-4H,(H,13,14,16). The molecule has 1 N–H and O–H groups in total. The van der Waals surface area contributed by atoms with Gasteiger partial charge in [0, 0.05) is 5.69 Å². The summed E-state index contributed by atoms with van der Waals surface area (Å²) in [5.41, 5.74) is 0.499. The molecule has 0 radical (unpaired) electrons. The minimum absolute atomic E-state index is 0.0386. The summed E-state index contributed by atoms with van der Waals surface area (Å²) in [5, 5.41) is 9.83. The maximum Gasteiger partial charge on any atom is 0.245 e. The van der Waals surface area contributed by atoms with Gasteiger partial charge in [0.1, 0.15) is 5.82 Å². The molecule has 0 aliphatic rings. The zero-order chi connectivity index (χ0) is 11.5. The summed E-state index contributed by atoms with van der Waals surface area (Å²) in [6.45, 7) is 0. The van der Waals surface area contributed by atoms with Gasteiger partial charge in [-0.2, -0.15) is 4.98 Å². The molecule has 0 fully saturated rings. The molecule has 0 bridgehead atoms. The Labute approximate surface area is 100 Å². The van der Waals surface area contributed by atoms with Crippen LogP contribution in [-0.2, 0) is 0 Å². The van der Waals surface area contributed by atoms with E-state index in [1.165, 1.54) is 12.1 Å². The summed E-state index contributed by atoms with van der Waals surface area (Å²) >= 11 is 11.3. The van der Waals surface area contributed by atoms with E-state index in [1.807, 2.05) is 0 Å². The summed E-state index contributed by atoms with van der Waals surface area (Å²) in [6, 6.07) is 5.85. The summed E-state index contributed by atoms with van der Waals surface area (Å²) in [6.07, 6.45) is 0. The minimum atomic E-state index is -0.366. The molecule has 0 amide bonds. The number of hydrogen-bond donors (Lipinski definition) is 1. The maximum absolute atomic E-state index is 12.9. The third kappa shape index (κ3) is 2.56. The van der Waals surface area contributed by atoms with Crippen molar-refractivity contribution in [3.05, 3.63) is 40.5 Å². The Morgan fingerprint density at radius 2 is 2.00 bits per heavy atom. The average Bonchev–Trinajstić information content (AvgIpc) is 2.24. The van der Waals surface area contributed by atoms with Crippen LogP contribution in [0.3, 0.4) is 0 Å². The first-order valence-electron chi connectivity index (χ1n) is 4.23. The van der Waals surface area contributed by atoms with Crippen molar-refractivity contribution >= 4 is 34.7 Å². The van der Waals surface area contributed by atoms with Crippen molar-refractivity contribution in [2.75, 3.05) is 5.32 Å². The topological polar surface area (TPSA) is 50.7 Å². The first-order chi connectivity index (χ1) is 7.65. The van der Waals surface area contributed by atoms with Gasteiger partial charge in [0.15, 0.2) is 11.0 Å². The molecule has 4 nitrogen and oxygen atoms in total. The molecule has 2 rings (SSSR count). The number of nitrogens with one attached hydrogen (secondary N) is 1. The molecule has 1 heterocycles. The van der Waals surface area contributed by atoms with Gasteiger partial charge in [-0.15, -0.1) is 10.2 Å². The fourth-order valence-electron chi connectivity index (χ4n) is 1.08. The third-order valence-corrected chi connectivity index (χ3v) is 2.12. The fourth-order valence-corrected chi connectivity index (χ4v) is 1.33. The van der Waals surface area contributed by atoms with Gasteiger partial charge in [0.05, 0.1) is 0 Å². The number of nitrogens with zero attached hydrogens (tertiary/aromatic N) is 3. The quantitative estimate of drug-likeness (QED) is 0.900. The van der Waals surface area contributed by atoms with Crippen LogP contribution in [0, 0.1) is 5.82 Å². The van der Waals surface area contributed by atoms with Crippen LogP contribution in [0.1, 0.15) is 0 Å². The van der Waals surface area contributed by atoms with Crippen molar-refractivity contribution in [2.24, 2.45) is 0 Å². The largest absolute Gasteiger partial charge is 0.337 e. The monoisotopic (exact) mass is 258 g/mol. The molecular weight excluding hydrogens is 254 g/mol. The van der Waals surface area contributed by atoms with Crippen molar-refractivity contribution in [3.63, 3.8) is 0 Å². The van der Waals surface area contributed by atoms with E-state index in [0.717, 1.165) is 0 Å². The lowest BCUT2D eigenvalue weighted by molar-refractivity contribution is 0.628. The second kappa shape index (κ2) is 4.59. The SMILES string of the molecule is Fc1cccc(Nc2nc(Cl)nnc2Cl)c1. The van der Waals surface area contributed by atoms with Crippen LogP contribution < -0.4 is 5.32 Å². The van der Waals surface area contributed by atoms with E-state index in [2.05, 4.69) is 20.5 Å². The zero-order valence-corrected chi connectivity index (χ0v) is 9.30. The highest BCUT2D eigenvalue weighted by Gasteiger charge is 2.06. The molecular formula is C9H5Cl2FN4. The van der Waals surface area contributed by atoms with Crippen LogP contribution in [0.25, 0.3) is 0 Å². The Kier molecular flexibility index (Phi) is 3.17. The highest BCUT2D eigenvalue weighted by Crippen LogP contribution is 2.21. The Morgan fingerprint density at radius 1 is 1.19 bits per heavy atom. The number of halogens is 3. The molecule has 0 aliphatic heterocycles. The maximum atomic E-state index is 12.9. The number of hydrogen-bond acceptors (Lipinski definition) is 4. The minimum Gasteiger partial charge on any atom is -0.337 e. The van der Waals surface area contributed by atoms with Crippen molar-refractivity contribution < 1.29 is 4.39 Å². The first kappa shape index (κ1) is 11.0. The molecule has 0 spiro atoms. The second-order valence-electron chi connectivity index (χ2n) is 2.86. The second-order valence-corrected chi connectivity index (χ2v) is 3.55. The fraction of sp³-hybridized carbons (Fsp3) is 0. The molecule has 0 saturated heterocycles. The van der Waals surface area contributed by atoms with Gasteiger partial charge in [-0.25, -0.2) is 4.39 Å². The van der Waals surface area contributed by atoms with E-state index in [9.17, 15) is 4.39 Å². The zero-order valence-electron chi connectivity index (χ0n) is 7.78. The molecule has 7 heteroatoms. The van der Waals surface area contributed by atoms with Crippen molar-refractivity contribution in [3.8, 4) is 0 Å². The lowest BCUT2D eigenvalue weighted by Gasteiger charge is -2.05. The Bertz CT molecular complexity index is 521. The lowest BCUT2D eigenvalue weighted by Crippen LogP contribution is -1.98. The van der Waals surface area contributed by atoms with Gasteiger partial charge in [-0.1, -0.05) is 17.7 Å². The highest BCUT2D eigenvalue weighted by atomic mass is 35.5. The van der Waals surface area contributed by atoms with E-state index in [1.54, 1.807) is 12.1 Å². The molecule has 82 valence electrons. The summed E-state index contributed by atoms with van der Waals surface area (Å²) in [7, 11) is 0. The van der Waals surface area contributed by atoms with Crippen molar-refractivity contribution in [1.29, 1.82) is 0 Å². The Hall–Kier alpha value is -1.46. The van der Waals surface area contributed by atoms with E-state index in [4.69, 9.17) is 23.2 Å². The van der Waals surface area contributed by atoms with Gasteiger partial charge in [0.25, 0.3) is 0 Å². The van der Waals surface area contributed by atoms with Gasteiger partial charge in [-0.05, 0) is 29.8 Å². The summed E-state index contributed by atoms with van der Waals surface area (Å²) in [5.74, 6) is -0.137. The van der Waals surface area contributed by atoms with Crippen molar-refractivity contribution in [1.82, 2.24) is 15.2 Å². The van der Waals surface area contributed by atoms with Gasteiger partial charge >= 0.3 is 0 Å². The van der Waals surface area contributed by atoms with Crippen LogP contribution in [0.2, 0.25) is 10.4 Å². The van der Waals surface area contributed by atoms with Crippen LogP contribution in [0.15, 0.2) is 24.3 Å². The number of benzene rings is 1. The van der Waals surface area contributed by atoms with E-state index < -0.39 is 0 Å². The van der Waals surface area contributed by atoms with Crippen LogP contribution >= 0.6 is 23.2 Å². The number of rotatable bonds is 2. The highest BCUT2D eigenvalue weighted by molar-refractivity contribution is 6.32. The molecule has 16 heavy (non-hydrogen) atoms. The normalized spacial score (nSPS) is 10.2. The van der Waals surface area contributed by atoms with Crippen molar-refractivity contribution in [2.45, 2.75) is 0 Å². The first-order valence-corrected chi connectivity index (χ1v) is 4.99.